The van der Waals surface area contributed by atoms with Crippen LogP contribution in [0.5, 0.6) is 0 Å². The van der Waals surface area contributed by atoms with Crippen LogP contribution in [-0.4, -0.2) is 11.5 Å². The maximum Gasteiger partial charge on any atom is 0.0136 e. The number of unbranched alkanes of at least 4 members (excludes halogenated alkanes) is 8. The van der Waals surface area contributed by atoms with E-state index in [2.05, 4.69) is 51.1 Å². The van der Waals surface area contributed by atoms with E-state index in [4.69, 9.17) is 5.73 Å². The Hall–Kier alpha value is -0.860. The number of benzene rings is 1. The summed E-state index contributed by atoms with van der Waals surface area (Å²) in [5, 5.41) is 0. The fourth-order valence-electron chi connectivity index (χ4n) is 4.61. The molecule has 158 valence electrons. The molecular weight excluding hydrogens is 330 g/mol. The Balaban J connectivity index is 0.00000676. The van der Waals surface area contributed by atoms with E-state index in [1.165, 1.54) is 95.5 Å². The van der Waals surface area contributed by atoms with Crippen LogP contribution >= 0.6 is 0 Å². The maximum absolute atomic E-state index is 6.85. The Morgan fingerprint density at radius 2 is 1.19 bits per heavy atom. The lowest BCUT2D eigenvalue weighted by Crippen LogP contribution is -2.45. The van der Waals surface area contributed by atoms with Crippen LogP contribution in [0.15, 0.2) is 30.3 Å². The third kappa shape index (κ3) is 9.25. The van der Waals surface area contributed by atoms with E-state index >= 15 is 0 Å². The van der Waals surface area contributed by atoms with Crippen LogP contribution in [-0.2, 0) is 5.41 Å². The van der Waals surface area contributed by atoms with Crippen LogP contribution < -0.4 is 5.73 Å². The summed E-state index contributed by atoms with van der Waals surface area (Å²) in [4.78, 5) is 0. The van der Waals surface area contributed by atoms with Crippen LogP contribution in [0, 0.1) is 0 Å². The van der Waals surface area contributed by atoms with E-state index in [1.54, 1.807) is 0 Å². The summed E-state index contributed by atoms with van der Waals surface area (Å²) in [7, 11) is 0. The molecule has 0 radical (unpaired) electrons. The Morgan fingerprint density at radius 3 is 1.67 bits per heavy atom. The molecule has 0 aromatic heterocycles. The zero-order valence-corrected chi connectivity index (χ0v) is 18.4. The Labute approximate surface area is 169 Å². The van der Waals surface area contributed by atoms with Gasteiger partial charge in [-0.3, -0.25) is 0 Å². The van der Waals surface area contributed by atoms with Crippen molar-refractivity contribution in [2.75, 3.05) is 0 Å². The molecule has 4 N–H and O–H groups in total. The molecule has 0 amide bonds. The molecule has 0 spiro atoms. The van der Waals surface area contributed by atoms with Gasteiger partial charge < -0.3 is 11.2 Å². The molecule has 1 rings (SSSR count). The van der Waals surface area contributed by atoms with E-state index in [-0.39, 0.29) is 16.9 Å². The van der Waals surface area contributed by atoms with Gasteiger partial charge in [0, 0.05) is 11.5 Å². The van der Waals surface area contributed by atoms with Crippen LogP contribution in [0.1, 0.15) is 116 Å². The van der Waals surface area contributed by atoms with E-state index in [0.717, 1.165) is 0 Å². The number of rotatable bonds is 16. The van der Waals surface area contributed by atoms with Crippen LogP contribution in [0.25, 0.3) is 0 Å². The first-order chi connectivity index (χ1) is 12.7. The molecule has 0 aliphatic heterocycles. The van der Waals surface area contributed by atoms with Gasteiger partial charge in [-0.05, 0) is 24.8 Å². The van der Waals surface area contributed by atoms with Gasteiger partial charge >= 0.3 is 0 Å². The van der Waals surface area contributed by atoms with Crippen molar-refractivity contribution in [2.45, 2.75) is 122 Å². The molecular formula is C25H47NO. The second-order valence-electron chi connectivity index (χ2n) is 8.25. The van der Waals surface area contributed by atoms with Crippen LogP contribution in [0.4, 0.5) is 0 Å². The largest absolute Gasteiger partial charge is 0.412 e. The molecule has 2 heteroatoms. The normalized spacial score (nSPS) is 12.6. The van der Waals surface area contributed by atoms with Crippen molar-refractivity contribution in [1.29, 1.82) is 0 Å². The first kappa shape index (κ1) is 26.1. The second kappa shape index (κ2) is 16.1. The molecule has 27 heavy (non-hydrogen) atoms. The van der Waals surface area contributed by atoms with Gasteiger partial charge in [-0.2, -0.15) is 0 Å². The summed E-state index contributed by atoms with van der Waals surface area (Å²) in [6.45, 7) is 6.90. The average molecular weight is 378 g/mol. The predicted octanol–water partition coefficient (Wildman–Crippen LogP) is 6.95. The van der Waals surface area contributed by atoms with Gasteiger partial charge in [-0.25, -0.2) is 0 Å². The lowest BCUT2D eigenvalue weighted by molar-refractivity contribution is 0.272. The monoisotopic (exact) mass is 377 g/mol. The molecule has 0 heterocycles. The summed E-state index contributed by atoms with van der Waals surface area (Å²) < 4.78 is 0. The minimum Gasteiger partial charge on any atom is -0.412 e. The Morgan fingerprint density at radius 1 is 0.704 bits per heavy atom. The molecule has 1 aromatic rings. The highest BCUT2D eigenvalue weighted by molar-refractivity contribution is 5.27. The standard InChI is InChI=1S/C25H45N.H2O/c1-4-7-8-9-10-11-12-13-17-20-24(26)25(21-5-2,22-6-3)23-18-15-14-16-19-23;/h14-16,18-19,24H,4-13,17,20-22,26H2,1-3H3;1H2. The van der Waals surface area contributed by atoms with E-state index < -0.39 is 0 Å². The van der Waals surface area contributed by atoms with E-state index in [1.807, 2.05) is 0 Å². The summed E-state index contributed by atoms with van der Waals surface area (Å²) in [6, 6.07) is 11.4. The molecule has 0 saturated heterocycles. The van der Waals surface area contributed by atoms with Gasteiger partial charge in [-0.15, -0.1) is 0 Å². The third-order valence-electron chi connectivity index (χ3n) is 6.07. The molecule has 0 bridgehead atoms. The lowest BCUT2D eigenvalue weighted by atomic mass is 9.67. The summed E-state index contributed by atoms with van der Waals surface area (Å²) >= 11 is 0. The fraction of sp³-hybridized carbons (Fsp3) is 0.760. The first-order valence-electron chi connectivity index (χ1n) is 11.5. The zero-order valence-electron chi connectivity index (χ0n) is 18.4. The highest BCUT2D eigenvalue weighted by Gasteiger charge is 2.36. The van der Waals surface area contributed by atoms with Crippen molar-refractivity contribution in [3.8, 4) is 0 Å². The average Bonchev–Trinajstić information content (AvgIpc) is 2.67. The van der Waals surface area contributed by atoms with Crippen molar-refractivity contribution < 1.29 is 5.48 Å². The van der Waals surface area contributed by atoms with Crippen molar-refractivity contribution in [3.05, 3.63) is 35.9 Å². The van der Waals surface area contributed by atoms with E-state index in [9.17, 15) is 0 Å². The molecule has 2 nitrogen and oxygen atoms in total. The van der Waals surface area contributed by atoms with Crippen molar-refractivity contribution >= 4 is 0 Å². The molecule has 0 fully saturated rings. The Bertz CT molecular complexity index is 425. The number of hydrogen-bond donors (Lipinski definition) is 1. The maximum atomic E-state index is 6.85. The summed E-state index contributed by atoms with van der Waals surface area (Å²) in [6.07, 6.45) is 18.5. The van der Waals surface area contributed by atoms with Crippen molar-refractivity contribution in [1.82, 2.24) is 0 Å². The molecule has 0 aliphatic carbocycles. The highest BCUT2D eigenvalue weighted by Crippen LogP contribution is 2.38. The number of hydrogen-bond acceptors (Lipinski definition) is 1. The highest BCUT2D eigenvalue weighted by atomic mass is 16.0. The molecule has 0 saturated carbocycles. The van der Waals surface area contributed by atoms with Gasteiger partial charge in [0.1, 0.15) is 0 Å². The second-order valence-corrected chi connectivity index (χ2v) is 8.25. The SMILES string of the molecule is CCCCCCCCCCCC(N)C(CCC)(CCC)c1ccccc1.O. The summed E-state index contributed by atoms with van der Waals surface area (Å²) in [5.74, 6) is 0. The van der Waals surface area contributed by atoms with Gasteiger partial charge in [0.05, 0.1) is 0 Å². The van der Waals surface area contributed by atoms with Gasteiger partial charge in [0.15, 0.2) is 0 Å². The first-order valence-corrected chi connectivity index (χ1v) is 11.5. The summed E-state index contributed by atoms with van der Waals surface area (Å²) in [5.41, 5.74) is 8.49. The van der Waals surface area contributed by atoms with E-state index in [0.29, 0.717) is 0 Å². The van der Waals surface area contributed by atoms with Gasteiger partial charge in [-0.1, -0.05) is 122 Å². The molecule has 0 aliphatic rings. The molecule has 1 atom stereocenters. The van der Waals surface area contributed by atoms with Crippen molar-refractivity contribution in [2.24, 2.45) is 5.73 Å². The minimum absolute atomic E-state index is 0. The lowest BCUT2D eigenvalue weighted by Gasteiger charge is -2.40. The number of nitrogens with two attached hydrogens (primary N) is 1. The molecule has 1 unspecified atom stereocenters. The third-order valence-corrected chi connectivity index (χ3v) is 6.07. The molecule has 1 aromatic carbocycles. The smallest absolute Gasteiger partial charge is 0.0136 e. The van der Waals surface area contributed by atoms with Crippen molar-refractivity contribution in [3.63, 3.8) is 0 Å². The minimum atomic E-state index is 0. The van der Waals surface area contributed by atoms with Crippen LogP contribution in [0.3, 0.4) is 0 Å². The fourth-order valence-corrected chi connectivity index (χ4v) is 4.61. The van der Waals surface area contributed by atoms with Gasteiger partial charge in [0.2, 0.25) is 0 Å². The van der Waals surface area contributed by atoms with Gasteiger partial charge in [0.25, 0.3) is 0 Å². The topological polar surface area (TPSA) is 57.5 Å². The predicted molar refractivity (Wildman–Crippen MR) is 121 cm³/mol. The zero-order chi connectivity index (χ0) is 19.1. The van der Waals surface area contributed by atoms with Crippen LogP contribution in [0.2, 0.25) is 0 Å². The quantitative estimate of drug-likeness (QED) is 0.311. The Kier molecular flexibility index (Phi) is 15.6.